The third kappa shape index (κ3) is 1.00. The average Bonchev–Trinajstić information content (AvgIpc) is 2.04. The normalized spacial score (nSPS) is 10.2. The smallest absolute Gasteiger partial charge is 0.266 e. The summed E-state index contributed by atoms with van der Waals surface area (Å²) < 4.78 is 0. The lowest BCUT2D eigenvalue weighted by Crippen LogP contribution is -2.04. The van der Waals surface area contributed by atoms with Crippen molar-refractivity contribution in [3.8, 4) is 0 Å². The van der Waals surface area contributed by atoms with Crippen molar-refractivity contribution in [2.45, 2.75) is 0 Å². The van der Waals surface area contributed by atoms with Crippen LogP contribution in [0.2, 0.25) is 0 Å². The molecule has 3 nitrogen and oxygen atoms in total. The first-order valence-corrected chi connectivity index (χ1v) is 3.30. The molecular formula is C8H8N2O. The number of rotatable bonds is 0. The minimum Gasteiger partial charge on any atom is -0.319 e. The number of nitrogens with one attached hydrogen (secondary N) is 1. The van der Waals surface area contributed by atoms with Gasteiger partial charge in [-0.2, -0.15) is 0 Å². The van der Waals surface area contributed by atoms with Crippen molar-refractivity contribution in [2.75, 3.05) is 0 Å². The summed E-state index contributed by atoms with van der Waals surface area (Å²) in [5, 5.41) is 0. The van der Waals surface area contributed by atoms with E-state index in [-0.39, 0.29) is 6.99 Å². The highest BCUT2D eigenvalue weighted by Gasteiger charge is 1.90. The monoisotopic (exact) mass is 148 g/mol. The molecule has 1 heterocycles. The van der Waals surface area contributed by atoms with Crippen molar-refractivity contribution >= 4 is 11.0 Å². The maximum atomic E-state index is 10.8. The molecule has 0 aliphatic carbocycles. The van der Waals surface area contributed by atoms with Crippen molar-refractivity contribution in [3.63, 3.8) is 0 Å². The van der Waals surface area contributed by atoms with Gasteiger partial charge >= 0.3 is 0 Å². The summed E-state index contributed by atoms with van der Waals surface area (Å²) in [4.78, 5) is 17.4. The van der Waals surface area contributed by atoms with E-state index in [0.717, 1.165) is 11.0 Å². The molecule has 0 unspecified atom stereocenters. The van der Waals surface area contributed by atoms with Crippen molar-refractivity contribution in [1.29, 1.82) is 0 Å². The van der Waals surface area contributed by atoms with Crippen LogP contribution < -0.4 is 5.56 Å². The molecule has 11 heavy (non-hydrogen) atoms. The predicted octanol–water partition coefficient (Wildman–Crippen LogP) is 1.17. The lowest BCUT2D eigenvalue weighted by Gasteiger charge is -1.92. The molecule has 0 bridgehead atoms. The first kappa shape index (κ1) is 6.09. The lowest BCUT2D eigenvalue weighted by atomic mass is 10.3. The zero-order valence-electron chi connectivity index (χ0n) is 5.74. The van der Waals surface area contributed by atoms with Gasteiger partial charge < -0.3 is 4.98 Å². The van der Waals surface area contributed by atoms with Crippen LogP contribution in [0.15, 0.2) is 35.3 Å². The van der Waals surface area contributed by atoms with Crippen LogP contribution >= 0.6 is 0 Å². The van der Waals surface area contributed by atoms with Gasteiger partial charge in [-0.25, -0.2) is 4.98 Å². The second-order valence-electron chi connectivity index (χ2n) is 2.26. The molecule has 0 atom stereocenters. The van der Waals surface area contributed by atoms with E-state index in [1.165, 1.54) is 6.20 Å². The van der Waals surface area contributed by atoms with Crippen LogP contribution in [-0.2, 0) is 0 Å². The van der Waals surface area contributed by atoms with Gasteiger partial charge in [-0.05, 0) is 12.1 Å². The molecule has 1 N–H and O–H groups in total. The molecule has 0 saturated heterocycles. The second-order valence-corrected chi connectivity index (χ2v) is 2.26. The van der Waals surface area contributed by atoms with Gasteiger partial charge in [0.25, 0.3) is 5.56 Å². The highest BCUT2D eigenvalue weighted by atomic mass is 16.1. The van der Waals surface area contributed by atoms with E-state index in [2.05, 4.69) is 9.97 Å². The fraction of sp³-hybridized carbons (Fsp3) is 0. The molecule has 0 aliphatic rings. The number of hydrogen-bond donors (Lipinski definition) is 1. The number of aromatic amines is 1. The number of para-hydroxylation sites is 2. The summed E-state index contributed by atoms with van der Waals surface area (Å²) in [6.07, 6.45) is 1.28. The van der Waals surface area contributed by atoms with Gasteiger partial charge in [-0.15, -0.1) is 0 Å². The Morgan fingerprint density at radius 1 is 1.36 bits per heavy atom. The summed E-state index contributed by atoms with van der Waals surface area (Å²) in [6.45, 7) is 0. The van der Waals surface area contributed by atoms with Crippen LogP contribution in [0.3, 0.4) is 0 Å². The maximum Gasteiger partial charge on any atom is 0.266 e. The Bertz CT molecular complexity index is 438. The van der Waals surface area contributed by atoms with Crippen LogP contribution in [0.5, 0.6) is 0 Å². The minimum atomic E-state index is -0.163. The van der Waals surface area contributed by atoms with E-state index in [1.54, 1.807) is 0 Å². The molecule has 1 aromatic carbocycles. The molecule has 0 fully saturated rings. The van der Waals surface area contributed by atoms with Crippen molar-refractivity contribution in [3.05, 3.63) is 40.8 Å². The Morgan fingerprint density at radius 2 is 2.18 bits per heavy atom. The number of benzene rings is 1. The molecule has 0 radical (unpaired) electrons. The standard InChI is InChI=1S/C8H6N2O.H2/c11-8-5-9-6-3-1-2-4-7(6)10-8;/h1-5H,(H,10,11);1H. The predicted molar refractivity (Wildman–Crippen MR) is 44.5 cm³/mol. The first-order chi connectivity index (χ1) is 5.36. The lowest BCUT2D eigenvalue weighted by molar-refractivity contribution is 1.22. The van der Waals surface area contributed by atoms with Crippen molar-refractivity contribution < 1.29 is 1.43 Å². The number of aromatic nitrogens is 2. The van der Waals surface area contributed by atoms with Gasteiger partial charge in [-0.3, -0.25) is 4.79 Å². The van der Waals surface area contributed by atoms with Crippen LogP contribution in [0.1, 0.15) is 1.43 Å². The van der Waals surface area contributed by atoms with Crippen LogP contribution in [0.4, 0.5) is 0 Å². The van der Waals surface area contributed by atoms with Crippen LogP contribution in [0.25, 0.3) is 11.0 Å². The number of fused-ring (bicyclic) bond motifs is 1. The quantitative estimate of drug-likeness (QED) is 0.609. The molecule has 2 aromatic rings. The minimum absolute atomic E-state index is 0. The molecule has 56 valence electrons. The molecule has 0 spiro atoms. The van der Waals surface area contributed by atoms with E-state index in [9.17, 15) is 4.79 Å². The fourth-order valence-corrected chi connectivity index (χ4v) is 0.985. The summed E-state index contributed by atoms with van der Waals surface area (Å²) in [6, 6.07) is 7.42. The topological polar surface area (TPSA) is 45.8 Å². The molecule has 0 aliphatic heterocycles. The molecule has 1 aromatic heterocycles. The highest BCUT2D eigenvalue weighted by Crippen LogP contribution is 2.02. The van der Waals surface area contributed by atoms with Gasteiger partial charge in [0.2, 0.25) is 0 Å². The Hall–Kier alpha value is -1.64. The highest BCUT2D eigenvalue weighted by molar-refractivity contribution is 5.72. The Labute approximate surface area is 64.2 Å². The summed E-state index contributed by atoms with van der Waals surface area (Å²) in [5.41, 5.74) is 1.43. The first-order valence-electron chi connectivity index (χ1n) is 3.30. The fourth-order valence-electron chi connectivity index (χ4n) is 0.985. The van der Waals surface area contributed by atoms with E-state index >= 15 is 0 Å². The van der Waals surface area contributed by atoms with Gasteiger partial charge in [-0.1, -0.05) is 12.1 Å². The largest absolute Gasteiger partial charge is 0.319 e. The van der Waals surface area contributed by atoms with Crippen molar-refractivity contribution in [2.24, 2.45) is 0 Å². The number of H-pyrrole nitrogens is 1. The van der Waals surface area contributed by atoms with Gasteiger partial charge in [0.1, 0.15) is 0 Å². The third-order valence-corrected chi connectivity index (χ3v) is 1.48. The molecule has 0 saturated carbocycles. The zero-order chi connectivity index (χ0) is 7.68. The van der Waals surface area contributed by atoms with E-state index < -0.39 is 0 Å². The van der Waals surface area contributed by atoms with E-state index in [1.807, 2.05) is 24.3 Å². The second kappa shape index (κ2) is 2.20. The van der Waals surface area contributed by atoms with Crippen LogP contribution in [0, 0.1) is 0 Å². The van der Waals surface area contributed by atoms with Gasteiger partial charge in [0.05, 0.1) is 17.2 Å². The summed E-state index contributed by atoms with van der Waals surface area (Å²) in [5.74, 6) is 0. The Kier molecular flexibility index (Phi) is 1.22. The van der Waals surface area contributed by atoms with Crippen LogP contribution in [-0.4, -0.2) is 9.97 Å². The molecular weight excluding hydrogens is 140 g/mol. The summed E-state index contributed by atoms with van der Waals surface area (Å²) in [7, 11) is 0. The third-order valence-electron chi connectivity index (χ3n) is 1.48. The average molecular weight is 148 g/mol. The van der Waals surface area contributed by atoms with Crippen molar-refractivity contribution in [1.82, 2.24) is 9.97 Å². The Balaban J connectivity index is 0.000000720. The molecule has 3 heteroatoms. The zero-order valence-corrected chi connectivity index (χ0v) is 5.74. The maximum absolute atomic E-state index is 10.8. The Morgan fingerprint density at radius 3 is 3.09 bits per heavy atom. The van der Waals surface area contributed by atoms with E-state index in [0.29, 0.717) is 0 Å². The SMILES string of the molecule is O=c1cnc2ccccc2[nH]1.[HH]. The van der Waals surface area contributed by atoms with Gasteiger partial charge in [0.15, 0.2) is 0 Å². The number of hydrogen-bond acceptors (Lipinski definition) is 2. The van der Waals surface area contributed by atoms with Gasteiger partial charge in [0, 0.05) is 1.43 Å². The number of nitrogens with zero attached hydrogens (tertiary/aromatic N) is 1. The summed E-state index contributed by atoms with van der Waals surface area (Å²) >= 11 is 0. The van der Waals surface area contributed by atoms with E-state index in [4.69, 9.17) is 0 Å². The molecule has 2 rings (SSSR count). The molecule has 0 amide bonds.